The highest BCUT2D eigenvalue weighted by atomic mass is 32.2. The van der Waals surface area contributed by atoms with E-state index in [4.69, 9.17) is 0 Å². The molecule has 14 heavy (non-hydrogen) atoms. The number of aromatic nitrogens is 2. The van der Waals surface area contributed by atoms with Crippen LogP contribution in [0.5, 0.6) is 0 Å². The predicted molar refractivity (Wildman–Crippen MR) is 54.4 cm³/mol. The molecule has 0 radical (unpaired) electrons. The minimum absolute atomic E-state index is 0.144. The molecule has 0 saturated heterocycles. The molecule has 4 nitrogen and oxygen atoms in total. The number of nitrogens with zero attached hydrogens (tertiary/aromatic N) is 1. The molecule has 1 fully saturated rings. The maximum atomic E-state index is 11.0. The summed E-state index contributed by atoms with van der Waals surface area (Å²) in [4.78, 5) is 17.6. The Balaban J connectivity index is 2.07. The second-order valence-electron chi connectivity index (χ2n) is 3.39. The quantitative estimate of drug-likeness (QED) is 0.711. The van der Waals surface area contributed by atoms with Crippen LogP contribution >= 0.6 is 11.8 Å². The first kappa shape index (κ1) is 9.73. The van der Waals surface area contributed by atoms with E-state index in [2.05, 4.69) is 9.97 Å². The summed E-state index contributed by atoms with van der Waals surface area (Å²) in [7, 11) is 0. The van der Waals surface area contributed by atoms with E-state index in [1.807, 2.05) is 0 Å². The maximum Gasteiger partial charge on any atom is 0.251 e. The number of rotatable bonds is 2. The zero-order valence-corrected chi connectivity index (χ0v) is 8.46. The summed E-state index contributed by atoms with van der Waals surface area (Å²) in [5.74, 6) is 0. The summed E-state index contributed by atoms with van der Waals surface area (Å²) in [5, 5.41) is 10.4. The van der Waals surface area contributed by atoms with E-state index in [0.717, 1.165) is 19.3 Å². The van der Waals surface area contributed by atoms with Crippen molar-refractivity contribution in [2.24, 2.45) is 0 Å². The average Bonchev–Trinajstić information content (AvgIpc) is 2.52. The summed E-state index contributed by atoms with van der Waals surface area (Å²) in [5.41, 5.74) is -0.144. The highest BCUT2D eigenvalue weighted by Crippen LogP contribution is 2.32. The highest BCUT2D eigenvalue weighted by molar-refractivity contribution is 7.99. The fourth-order valence-electron chi connectivity index (χ4n) is 1.60. The second kappa shape index (κ2) is 4.14. The van der Waals surface area contributed by atoms with Crippen molar-refractivity contribution in [3.05, 3.63) is 22.6 Å². The average molecular weight is 212 g/mol. The Bertz CT molecular complexity index is 366. The summed E-state index contributed by atoms with van der Waals surface area (Å²) in [6.07, 6.45) is 4.13. The SMILES string of the molecule is O=c1ccnc(S[C@H]2CCC[C@@H]2O)[nH]1. The first-order chi connectivity index (χ1) is 6.75. The lowest BCUT2D eigenvalue weighted by Crippen LogP contribution is -2.16. The van der Waals surface area contributed by atoms with Crippen LogP contribution in [0.4, 0.5) is 0 Å². The Kier molecular flexibility index (Phi) is 2.88. The third-order valence-electron chi connectivity index (χ3n) is 2.33. The molecule has 76 valence electrons. The molecule has 2 N–H and O–H groups in total. The van der Waals surface area contributed by atoms with Gasteiger partial charge in [0.2, 0.25) is 0 Å². The molecule has 2 rings (SSSR count). The van der Waals surface area contributed by atoms with Gasteiger partial charge in [-0.05, 0) is 19.3 Å². The first-order valence-electron chi connectivity index (χ1n) is 4.66. The van der Waals surface area contributed by atoms with Crippen LogP contribution < -0.4 is 5.56 Å². The molecule has 0 aliphatic heterocycles. The van der Waals surface area contributed by atoms with E-state index in [-0.39, 0.29) is 16.9 Å². The number of hydrogen-bond acceptors (Lipinski definition) is 4. The van der Waals surface area contributed by atoms with Gasteiger partial charge in [0.25, 0.3) is 5.56 Å². The van der Waals surface area contributed by atoms with Crippen LogP contribution in [-0.2, 0) is 0 Å². The molecule has 0 spiro atoms. The van der Waals surface area contributed by atoms with Crippen LogP contribution in [-0.4, -0.2) is 26.4 Å². The summed E-state index contributed by atoms with van der Waals surface area (Å²) < 4.78 is 0. The van der Waals surface area contributed by atoms with E-state index < -0.39 is 0 Å². The molecule has 1 aromatic heterocycles. The zero-order chi connectivity index (χ0) is 9.97. The van der Waals surface area contributed by atoms with Crippen molar-refractivity contribution in [2.45, 2.75) is 35.8 Å². The van der Waals surface area contributed by atoms with E-state index in [1.54, 1.807) is 0 Å². The van der Waals surface area contributed by atoms with Gasteiger partial charge in [-0.2, -0.15) is 0 Å². The predicted octanol–water partition coefficient (Wildman–Crippen LogP) is 0.775. The van der Waals surface area contributed by atoms with Crippen molar-refractivity contribution in [3.63, 3.8) is 0 Å². The number of H-pyrrole nitrogens is 1. The van der Waals surface area contributed by atoms with E-state index in [0.29, 0.717) is 5.16 Å². The van der Waals surface area contributed by atoms with Crippen molar-refractivity contribution < 1.29 is 5.11 Å². The molecule has 1 aliphatic rings. The van der Waals surface area contributed by atoms with Gasteiger partial charge in [0, 0.05) is 17.5 Å². The van der Waals surface area contributed by atoms with Gasteiger partial charge in [0.1, 0.15) is 0 Å². The van der Waals surface area contributed by atoms with Gasteiger partial charge in [-0.3, -0.25) is 4.79 Å². The van der Waals surface area contributed by atoms with Gasteiger partial charge < -0.3 is 10.1 Å². The number of aliphatic hydroxyl groups excluding tert-OH is 1. The summed E-state index contributed by atoms with van der Waals surface area (Å²) in [6.45, 7) is 0. The number of aromatic amines is 1. The van der Waals surface area contributed by atoms with E-state index in [1.165, 1.54) is 24.0 Å². The lowest BCUT2D eigenvalue weighted by atomic mass is 10.3. The lowest BCUT2D eigenvalue weighted by Gasteiger charge is -2.11. The van der Waals surface area contributed by atoms with Crippen molar-refractivity contribution >= 4 is 11.8 Å². The lowest BCUT2D eigenvalue weighted by molar-refractivity contribution is 0.188. The number of thioether (sulfide) groups is 1. The van der Waals surface area contributed by atoms with Gasteiger partial charge >= 0.3 is 0 Å². The largest absolute Gasteiger partial charge is 0.392 e. The molecule has 0 amide bonds. The Morgan fingerprint density at radius 3 is 3.07 bits per heavy atom. The van der Waals surface area contributed by atoms with Crippen molar-refractivity contribution in [1.29, 1.82) is 0 Å². The van der Waals surface area contributed by atoms with E-state index in [9.17, 15) is 9.90 Å². The number of hydrogen-bond donors (Lipinski definition) is 2. The van der Waals surface area contributed by atoms with Crippen LogP contribution in [0.25, 0.3) is 0 Å². The molecule has 1 heterocycles. The topological polar surface area (TPSA) is 66.0 Å². The minimum Gasteiger partial charge on any atom is -0.392 e. The molecule has 5 heteroatoms. The normalized spacial score (nSPS) is 26.6. The van der Waals surface area contributed by atoms with Crippen molar-refractivity contribution in [2.75, 3.05) is 0 Å². The zero-order valence-electron chi connectivity index (χ0n) is 7.64. The Labute approximate surface area is 85.8 Å². The minimum atomic E-state index is -0.259. The molecule has 1 saturated carbocycles. The van der Waals surface area contributed by atoms with Gasteiger partial charge in [-0.25, -0.2) is 4.98 Å². The molecule has 0 bridgehead atoms. The standard InChI is InChI=1S/C9H12N2O2S/c12-6-2-1-3-7(6)14-9-10-5-4-8(13)11-9/h4-7,12H,1-3H2,(H,10,11,13)/t6-,7-/m0/s1. The Morgan fingerprint density at radius 2 is 2.43 bits per heavy atom. The Morgan fingerprint density at radius 1 is 1.57 bits per heavy atom. The van der Waals surface area contributed by atoms with Crippen molar-refractivity contribution in [3.8, 4) is 0 Å². The molecular weight excluding hydrogens is 200 g/mol. The molecule has 2 atom stereocenters. The molecule has 0 aromatic carbocycles. The van der Waals surface area contributed by atoms with Crippen molar-refractivity contribution in [1.82, 2.24) is 9.97 Å². The van der Waals surface area contributed by atoms with Gasteiger partial charge in [0.15, 0.2) is 5.16 Å². The second-order valence-corrected chi connectivity index (χ2v) is 4.62. The fraction of sp³-hybridized carbons (Fsp3) is 0.556. The highest BCUT2D eigenvalue weighted by Gasteiger charge is 2.26. The van der Waals surface area contributed by atoms with Gasteiger partial charge in [-0.1, -0.05) is 11.8 Å². The smallest absolute Gasteiger partial charge is 0.251 e. The van der Waals surface area contributed by atoms with Crippen LogP contribution in [0.15, 0.2) is 22.2 Å². The number of nitrogens with one attached hydrogen (secondary N) is 1. The molecular formula is C9H12N2O2S. The summed E-state index contributed by atoms with van der Waals surface area (Å²) in [6, 6.07) is 1.38. The fourth-order valence-corrected chi connectivity index (χ4v) is 2.74. The third kappa shape index (κ3) is 2.16. The van der Waals surface area contributed by atoms with Crippen LogP contribution in [0.3, 0.4) is 0 Å². The third-order valence-corrected chi connectivity index (χ3v) is 3.61. The monoisotopic (exact) mass is 212 g/mol. The van der Waals surface area contributed by atoms with Gasteiger partial charge in [0.05, 0.1) is 6.10 Å². The molecule has 1 aliphatic carbocycles. The summed E-state index contributed by atoms with van der Waals surface area (Å²) >= 11 is 1.46. The van der Waals surface area contributed by atoms with E-state index >= 15 is 0 Å². The molecule has 1 aromatic rings. The maximum absolute atomic E-state index is 11.0. The van der Waals surface area contributed by atoms with Crippen LogP contribution in [0, 0.1) is 0 Å². The number of aliphatic hydroxyl groups is 1. The first-order valence-corrected chi connectivity index (χ1v) is 5.54. The Hall–Kier alpha value is -0.810. The van der Waals surface area contributed by atoms with Crippen LogP contribution in [0.1, 0.15) is 19.3 Å². The van der Waals surface area contributed by atoms with Gasteiger partial charge in [-0.15, -0.1) is 0 Å². The molecule has 0 unspecified atom stereocenters. The van der Waals surface area contributed by atoms with Crippen LogP contribution in [0.2, 0.25) is 0 Å².